The first-order valence-electron chi connectivity index (χ1n) is 9.72. The highest BCUT2D eigenvalue weighted by atomic mass is 28.3. The van der Waals surface area contributed by atoms with Gasteiger partial charge in [0.05, 0.1) is 0 Å². The van der Waals surface area contributed by atoms with Crippen LogP contribution < -0.4 is 8.85 Å². The monoisotopic (exact) mass is 372 g/mol. The first kappa shape index (κ1) is 19.8. The SMILES string of the molecule is CCc1cccc(O[SiH2]C[SiH2]Oc2cccc(CC)c2CC)c1CC. The Kier molecular flexibility index (Phi) is 8.28. The molecule has 0 aliphatic rings. The van der Waals surface area contributed by atoms with Gasteiger partial charge in [0.1, 0.15) is 11.5 Å². The lowest BCUT2D eigenvalue weighted by Gasteiger charge is -2.15. The maximum atomic E-state index is 6.20. The van der Waals surface area contributed by atoms with E-state index in [0.29, 0.717) is 0 Å². The van der Waals surface area contributed by atoms with Gasteiger partial charge < -0.3 is 8.85 Å². The third-order valence-corrected chi connectivity index (χ3v) is 8.07. The van der Waals surface area contributed by atoms with Gasteiger partial charge in [-0.05, 0) is 65.7 Å². The first-order valence-corrected chi connectivity index (χ1v) is 12.9. The zero-order valence-corrected chi connectivity index (χ0v) is 19.1. The lowest BCUT2D eigenvalue weighted by Crippen LogP contribution is -2.13. The van der Waals surface area contributed by atoms with Gasteiger partial charge in [-0.1, -0.05) is 52.0 Å². The molecule has 0 spiro atoms. The van der Waals surface area contributed by atoms with E-state index in [1.54, 1.807) is 0 Å². The molecule has 0 fully saturated rings. The minimum absolute atomic E-state index is 0.554. The van der Waals surface area contributed by atoms with Crippen LogP contribution >= 0.6 is 0 Å². The molecule has 2 nitrogen and oxygen atoms in total. The summed E-state index contributed by atoms with van der Waals surface area (Å²) in [6.07, 6.45) is 4.25. The number of hydrogen-bond acceptors (Lipinski definition) is 2. The van der Waals surface area contributed by atoms with Crippen molar-refractivity contribution >= 4 is 19.5 Å². The molecule has 2 aromatic rings. The van der Waals surface area contributed by atoms with E-state index in [0.717, 1.165) is 37.2 Å². The van der Waals surface area contributed by atoms with Crippen molar-refractivity contribution in [2.45, 2.75) is 59.0 Å². The molecule has 136 valence electrons. The zero-order chi connectivity index (χ0) is 18.1. The van der Waals surface area contributed by atoms with Gasteiger partial charge in [-0.3, -0.25) is 0 Å². The van der Waals surface area contributed by atoms with Crippen LogP contribution in [0.15, 0.2) is 36.4 Å². The van der Waals surface area contributed by atoms with Crippen molar-refractivity contribution in [2.75, 3.05) is 0 Å². The minimum atomic E-state index is -0.554. The molecule has 0 heterocycles. The fourth-order valence-corrected chi connectivity index (χ4v) is 5.99. The van der Waals surface area contributed by atoms with E-state index >= 15 is 0 Å². The van der Waals surface area contributed by atoms with Crippen LogP contribution in [0.1, 0.15) is 49.9 Å². The van der Waals surface area contributed by atoms with E-state index in [4.69, 9.17) is 8.85 Å². The normalized spacial score (nSPS) is 11.7. The number of benzene rings is 2. The predicted molar refractivity (Wildman–Crippen MR) is 114 cm³/mol. The molecule has 0 radical (unpaired) electrons. The van der Waals surface area contributed by atoms with Gasteiger partial charge in [0, 0.05) is 0 Å². The molecule has 0 amide bonds. The summed E-state index contributed by atoms with van der Waals surface area (Å²) in [6.45, 7) is 8.86. The molecule has 2 aromatic carbocycles. The molecular formula is C21H32O2Si2. The third kappa shape index (κ3) is 5.22. The van der Waals surface area contributed by atoms with Gasteiger partial charge in [0.15, 0.2) is 0 Å². The summed E-state index contributed by atoms with van der Waals surface area (Å²) in [4.78, 5) is 0. The number of rotatable bonds is 10. The van der Waals surface area contributed by atoms with E-state index in [9.17, 15) is 0 Å². The van der Waals surface area contributed by atoms with Crippen molar-refractivity contribution < 1.29 is 8.85 Å². The Bertz CT molecular complexity index is 613. The van der Waals surface area contributed by atoms with Gasteiger partial charge in [-0.2, -0.15) is 0 Å². The highest BCUT2D eigenvalue weighted by Crippen LogP contribution is 2.25. The Morgan fingerprint density at radius 3 is 1.44 bits per heavy atom. The molecule has 2 rings (SSSR count). The molecule has 4 heteroatoms. The van der Waals surface area contributed by atoms with E-state index < -0.39 is 19.5 Å². The van der Waals surface area contributed by atoms with Crippen molar-refractivity contribution in [3.8, 4) is 11.5 Å². The highest BCUT2D eigenvalue weighted by molar-refractivity contribution is 6.49. The van der Waals surface area contributed by atoms with E-state index in [-0.39, 0.29) is 0 Å². The lowest BCUT2D eigenvalue weighted by molar-refractivity contribution is 0.571. The van der Waals surface area contributed by atoms with Crippen molar-refractivity contribution in [3.05, 3.63) is 58.7 Å². The second-order valence-corrected chi connectivity index (χ2v) is 10.5. The van der Waals surface area contributed by atoms with Gasteiger partial charge in [0.2, 0.25) is 19.5 Å². The fourth-order valence-electron chi connectivity index (χ4n) is 3.38. The number of aryl methyl sites for hydroxylation is 2. The molecule has 0 atom stereocenters. The van der Waals surface area contributed by atoms with Crippen molar-refractivity contribution in [2.24, 2.45) is 0 Å². The lowest BCUT2D eigenvalue weighted by atomic mass is 10.0. The third-order valence-electron chi connectivity index (χ3n) is 4.73. The van der Waals surface area contributed by atoms with Gasteiger partial charge in [-0.15, -0.1) is 0 Å². The summed E-state index contributed by atoms with van der Waals surface area (Å²) in [6, 6.07) is 13.0. The summed E-state index contributed by atoms with van der Waals surface area (Å²) < 4.78 is 12.4. The second kappa shape index (κ2) is 10.5. The van der Waals surface area contributed by atoms with Crippen LogP contribution in [0.3, 0.4) is 0 Å². The van der Waals surface area contributed by atoms with Gasteiger partial charge in [-0.25, -0.2) is 0 Å². The topological polar surface area (TPSA) is 18.5 Å². The van der Waals surface area contributed by atoms with Crippen LogP contribution in [0, 0.1) is 0 Å². The largest absolute Gasteiger partial charge is 0.549 e. The van der Waals surface area contributed by atoms with Crippen molar-refractivity contribution in [1.29, 1.82) is 0 Å². The van der Waals surface area contributed by atoms with Crippen molar-refractivity contribution in [3.63, 3.8) is 0 Å². The molecule has 0 bridgehead atoms. The summed E-state index contributed by atoms with van der Waals surface area (Å²) in [5, 5.41) is 0. The van der Waals surface area contributed by atoms with Crippen LogP contribution in [-0.4, -0.2) is 19.5 Å². The Balaban J connectivity index is 1.87. The molecule has 25 heavy (non-hydrogen) atoms. The molecule has 0 aliphatic carbocycles. The minimum Gasteiger partial charge on any atom is -0.549 e. The van der Waals surface area contributed by atoms with Crippen LogP contribution in [0.25, 0.3) is 0 Å². The average molecular weight is 373 g/mol. The van der Waals surface area contributed by atoms with E-state index in [1.807, 2.05) is 0 Å². The smallest absolute Gasteiger partial charge is 0.219 e. The molecule has 0 aliphatic heterocycles. The summed E-state index contributed by atoms with van der Waals surface area (Å²) in [7, 11) is -1.11. The number of hydrogen-bond donors (Lipinski definition) is 0. The first-order chi connectivity index (χ1) is 12.2. The molecule has 0 unspecified atom stereocenters. The van der Waals surface area contributed by atoms with Gasteiger partial charge >= 0.3 is 0 Å². The standard InChI is InChI=1S/C21H32O2Si2/c1-5-16-11-9-13-20(18(16)7-3)22-24-15-25-23-21-14-10-12-17(6-2)19(21)8-4/h9-14H,5-8,15,24-25H2,1-4H3. The Hall–Kier alpha value is -1.53. The Labute approximate surface area is 157 Å². The van der Waals surface area contributed by atoms with Crippen LogP contribution in [0.4, 0.5) is 0 Å². The van der Waals surface area contributed by atoms with Crippen LogP contribution in [0.2, 0.25) is 5.67 Å². The highest BCUT2D eigenvalue weighted by Gasteiger charge is 2.08. The fraction of sp³-hybridized carbons (Fsp3) is 0.429. The van der Waals surface area contributed by atoms with E-state index in [2.05, 4.69) is 64.1 Å². The van der Waals surface area contributed by atoms with Crippen molar-refractivity contribution in [1.82, 2.24) is 0 Å². The maximum absolute atomic E-state index is 6.20. The van der Waals surface area contributed by atoms with Gasteiger partial charge in [0.25, 0.3) is 0 Å². The molecular weight excluding hydrogens is 340 g/mol. The molecule has 0 aromatic heterocycles. The summed E-state index contributed by atoms with van der Waals surface area (Å²) >= 11 is 0. The van der Waals surface area contributed by atoms with E-state index in [1.165, 1.54) is 27.9 Å². The molecule has 0 saturated carbocycles. The van der Waals surface area contributed by atoms with Crippen LogP contribution in [0.5, 0.6) is 11.5 Å². The zero-order valence-electron chi connectivity index (χ0n) is 16.2. The Morgan fingerprint density at radius 1 is 0.640 bits per heavy atom. The predicted octanol–water partition coefficient (Wildman–Crippen LogP) is 3.94. The second-order valence-electron chi connectivity index (χ2n) is 6.25. The molecule has 0 saturated heterocycles. The quantitative estimate of drug-likeness (QED) is 0.465. The molecule has 0 N–H and O–H groups in total. The average Bonchev–Trinajstić information content (AvgIpc) is 2.66. The maximum Gasteiger partial charge on any atom is 0.219 e. The summed E-state index contributed by atoms with van der Waals surface area (Å²) in [5.41, 5.74) is 6.80. The van der Waals surface area contributed by atoms with Crippen LogP contribution in [-0.2, 0) is 25.7 Å². The summed E-state index contributed by atoms with van der Waals surface area (Å²) in [5.74, 6) is 2.23. The Morgan fingerprint density at radius 2 is 1.08 bits per heavy atom.